The summed E-state index contributed by atoms with van der Waals surface area (Å²) in [6, 6.07) is 19.5. The summed E-state index contributed by atoms with van der Waals surface area (Å²) < 4.78 is 14.0. The third-order valence-corrected chi connectivity index (χ3v) is 5.19. The zero-order chi connectivity index (χ0) is 21.1. The average Bonchev–Trinajstić information content (AvgIpc) is 3.10. The molecule has 0 spiro atoms. The molecule has 7 heteroatoms. The summed E-state index contributed by atoms with van der Waals surface area (Å²) in [5.41, 5.74) is 2.18. The highest BCUT2D eigenvalue weighted by molar-refractivity contribution is 6.30. The zero-order valence-electron chi connectivity index (χ0n) is 15.9. The van der Waals surface area contributed by atoms with Crippen LogP contribution in [0.2, 0.25) is 5.02 Å². The van der Waals surface area contributed by atoms with E-state index in [2.05, 4.69) is 10.6 Å². The van der Waals surface area contributed by atoms with Gasteiger partial charge in [0.25, 0.3) is 5.91 Å². The second kappa shape index (κ2) is 8.55. The molecular weight excluding hydrogens is 405 g/mol. The molecule has 0 aliphatic carbocycles. The highest BCUT2D eigenvalue weighted by atomic mass is 35.5. The monoisotopic (exact) mass is 423 g/mol. The molecular formula is C23H19ClFN3O2. The fraction of sp³-hybridized carbons (Fsp3) is 0.130. The Morgan fingerprint density at radius 2 is 1.63 bits per heavy atom. The Morgan fingerprint density at radius 3 is 2.33 bits per heavy atom. The van der Waals surface area contributed by atoms with Crippen molar-refractivity contribution in [2.45, 2.75) is 12.5 Å². The normalized spacial score (nSPS) is 15.9. The number of anilines is 3. The zero-order valence-corrected chi connectivity index (χ0v) is 16.7. The number of nitrogens with zero attached hydrogens (tertiary/aromatic N) is 1. The van der Waals surface area contributed by atoms with Crippen molar-refractivity contribution in [3.8, 4) is 0 Å². The van der Waals surface area contributed by atoms with Crippen LogP contribution < -0.4 is 15.5 Å². The molecule has 1 fully saturated rings. The molecule has 0 saturated carbocycles. The average molecular weight is 424 g/mol. The molecule has 0 bridgehead atoms. The third kappa shape index (κ3) is 4.28. The molecule has 3 aromatic rings. The molecule has 1 aliphatic heterocycles. The van der Waals surface area contributed by atoms with Gasteiger partial charge >= 0.3 is 0 Å². The standard InChI is InChI=1S/C23H19ClFN3O2/c24-16-7-5-15(6-8-16)22(29)27-18-11-9-17(10-12-18)26-20-13-14-28(23(20)30)21-4-2-1-3-19(21)25/h1-12,20,26H,13-14H2,(H,27,29)/t20-/m1/s1. The number of nitrogens with one attached hydrogen (secondary N) is 2. The minimum atomic E-state index is -0.431. The third-order valence-electron chi connectivity index (χ3n) is 4.94. The van der Waals surface area contributed by atoms with Gasteiger partial charge in [-0.15, -0.1) is 0 Å². The van der Waals surface area contributed by atoms with Gasteiger partial charge in [0.2, 0.25) is 5.91 Å². The summed E-state index contributed by atoms with van der Waals surface area (Å²) in [5.74, 6) is -0.814. The lowest BCUT2D eigenvalue weighted by atomic mass is 10.2. The van der Waals surface area contributed by atoms with Crippen LogP contribution in [-0.4, -0.2) is 24.4 Å². The molecule has 0 aromatic heterocycles. The van der Waals surface area contributed by atoms with E-state index in [1.54, 1.807) is 66.7 Å². The Bertz CT molecular complexity index is 1070. The summed E-state index contributed by atoms with van der Waals surface area (Å²) in [4.78, 5) is 26.4. The van der Waals surface area contributed by atoms with E-state index in [-0.39, 0.29) is 11.8 Å². The van der Waals surface area contributed by atoms with Crippen molar-refractivity contribution in [1.29, 1.82) is 0 Å². The second-order valence-electron chi connectivity index (χ2n) is 6.97. The van der Waals surface area contributed by atoms with E-state index in [0.29, 0.717) is 34.9 Å². The van der Waals surface area contributed by atoms with Crippen LogP contribution in [0, 0.1) is 5.82 Å². The largest absolute Gasteiger partial charge is 0.374 e. The maximum Gasteiger partial charge on any atom is 0.255 e. The van der Waals surface area contributed by atoms with Crippen molar-refractivity contribution in [3.05, 3.63) is 89.2 Å². The van der Waals surface area contributed by atoms with Crippen LogP contribution in [-0.2, 0) is 4.79 Å². The quantitative estimate of drug-likeness (QED) is 0.610. The van der Waals surface area contributed by atoms with Crippen molar-refractivity contribution in [1.82, 2.24) is 0 Å². The van der Waals surface area contributed by atoms with Gasteiger partial charge in [0.15, 0.2) is 0 Å². The second-order valence-corrected chi connectivity index (χ2v) is 7.40. The van der Waals surface area contributed by atoms with Gasteiger partial charge in [-0.2, -0.15) is 0 Å². The Labute approximate surface area is 178 Å². The number of para-hydroxylation sites is 1. The van der Waals surface area contributed by atoms with Crippen LogP contribution in [0.3, 0.4) is 0 Å². The Balaban J connectivity index is 1.38. The van der Waals surface area contributed by atoms with E-state index in [4.69, 9.17) is 11.6 Å². The lowest BCUT2D eigenvalue weighted by Crippen LogP contribution is -2.33. The maximum absolute atomic E-state index is 14.0. The Kier molecular flexibility index (Phi) is 5.68. The predicted molar refractivity (Wildman–Crippen MR) is 117 cm³/mol. The molecule has 1 saturated heterocycles. The molecule has 30 heavy (non-hydrogen) atoms. The van der Waals surface area contributed by atoms with Gasteiger partial charge in [-0.1, -0.05) is 23.7 Å². The van der Waals surface area contributed by atoms with Crippen LogP contribution in [0.5, 0.6) is 0 Å². The van der Waals surface area contributed by atoms with Crippen molar-refractivity contribution in [3.63, 3.8) is 0 Å². The minimum Gasteiger partial charge on any atom is -0.374 e. The molecule has 0 unspecified atom stereocenters. The van der Waals surface area contributed by atoms with Gasteiger partial charge in [-0.05, 0) is 67.1 Å². The van der Waals surface area contributed by atoms with Crippen LogP contribution in [0.4, 0.5) is 21.5 Å². The number of carbonyl (C=O) groups excluding carboxylic acids is 2. The van der Waals surface area contributed by atoms with Crippen molar-refractivity contribution < 1.29 is 14.0 Å². The van der Waals surface area contributed by atoms with Crippen LogP contribution in [0.15, 0.2) is 72.8 Å². The van der Waals surface area contributed by atoms with Gasteiger partial charge < -0.3 is 15.5 Å². The Morgan fingerprint density at radius 1 is 0.967 bits per heavy atom. The number of hydrogen-bond donors (Lipinski definition) is 2. The van der Waals surface area contributed by atoms with Gasteiger partial charge in [0.05, 0.1) is 5.69 Å². The van der Waals surface area contributed by atoms with E-state index in [1.165, 1.54) is 11.0 Å². The van der Waals surface area contributed by atoms with Crippen molar-refractivity contribution >= 4 is 40.5 Å². The summed E-state index contributed by atoms with van der Waals surface area (Å²) in [6.07, 6.45) is 0.572. The van der Waals surface area contributed by atoms with E-state index >= 15 is 0 Å². The van der Waals surface area contributed by atoms with Crippen LogP contribution in [0.1, 0.15) is 16.8 Å². The van der Waals surface area contributed by atoms with Crippen molar-refractivity contribution in [2.75, 3.05) is 22.1 Å². The van der Waals surface area contributed by atoms with E-state index in [9.17, 15) is 14.0 Å². The number of benzene rings is 3. The van der Waals surface area contributed by atoms with Gasteiger partial charge in [0, 0.05) is 28.5 Å². The first kappa shape index (κ1) is 19.9. The fourth-order valence-corrected chi connectivity index (χ4v) is 3.51. The molecule has 5 nitrogen and oxygen atoms in total. The summed E-state index contributed by atoms with van der Waals surface area (Å²) >= 11 is 5.84. The SMILES string of the molecule is O=C(Nc1ccc(N[C@@H]2CCN(c3ccccc3F)C2=O)cc1)c1ccc(Cl)cc1. The van der Waals surface area contributed by atoms with Gasteiger partial charge in [-0.25, -0.2) is 4.39 Å². The number of carbonyl (C=O) groups is 2. The van der Waals surface area contributed by atoms with E-state index in [0.717, 1.165) is 5.69 Å². The number of halogens is 2. The molecule has 1 heterocycles. The predicted octanol–water partition coefficient (Wildman–Crippen LogP) is 4.95. The number of amides is 2. The molecule has 2 amide bonds. The highest BCUT2D eigenvalue weighted by Gasteiger charge is 2.33. The van der Waals surface area contributed by atoms with Crippen LogP contribution >= 0.6 is 11.6 Å². The molecule has 1 atom stereocenters. The molecule has 4 rings (SSSR count). The van der Waals surface area contributed by atoms with E-state index in [1.807, 2.05) is 0 Å². The van der Waals surface area contributed by atoms with E-state index < -0.39 is 11.9 Å². The van der Waals surface area contributed by atoms with Gasteiger partial charge in [0.1, 0.15) is 11.9 Å². The molecule has 0 radical (unpaired) electrons. The molecule has 2 N–H and O–H groups in total. The molecule has 1 aliphatic rings. The molecule has 3 aromatic carbocycles. The first-order valence-electron chi connectivity index (χ1n) is 9.51. The minimum absolute atomic E-state index is 0.166. The number of rotatable bonds is 5. The first-order chi connectivity index (χ1) is 14.5. The molecule has 152 valence electrons. The number of hydrogen-bond acceptors (Lipinski definition) is 3. The fourth-order valence-electron chi connectivity index (χ4n) is 3.38. The smallest absolute Gasteiger partial charge is 0.255 e. The highest BCUT2D eigenvalue weighted by Crippen LogP contribution is 2.26. The lowest BCUT2D eigenvalue weighted by Gasteiger charge is -2.18. The van der Waals surface area contributed by atoms with Gasteiger partial charge in [-0.3, -0.25) is 9.59 Å². The first-order valence-corrected chi connectivity index (χ1v) is 9.88. The van der Waals surface area contributed by atoms with Crippen molar-refractivity contribution in [2.24, 2.45) is 0 Å². The topological polar surface area (TPSA) is 61.4 Å². The Hall–Kier alpha value is -3.38. The lowest BCUT2D eigenvalue weighted by molar-refractivity contribution is -0.117. The maximum atomic E-state index is 14.0. The summed E-state index contributed by atoms with van der Waals surface area (Å²) in [5, 5.41) is 6.57. The van der Waals surface area contributed by atoms with Crippen LogP contribution in [0.25, 0.3) is 0 Å². The summed E-state index contributed by atoms with van der Waals surface area (Å²) in [6.45, 7) is 0.451. The summed E-state index contributed by atoms with van der Waals surface area (Å²) in [7, 11) is 0.